The first-order valence-electron chi connectivity index (χ1n) is 17.1. The Morgan fingerprint density at radius 2 is 0.941 bits per heavy atom. The molecule has 1 aliphatic rings. The minimum atomic E-state index is -0.249. The molecule has 0 radical (unpaired) electrons. The number of benzene rings is 7. The quantitative estimate of drug-likeness (QED) is 0.170. The van der Waals surface area contributed by atoms with Crippen LogP contribution in [-0.2, 0) is 0 Å². The van der Waals surface area contributed by atoms with Crippen molar-refractivity contribution in [2.45, 2.75) is 0 Å². The molecule has 0 N–H and O–H groups in total. The number of halogens is 1. The second kappa shape index (κ2) is 11.2. The second-order valence-corrected chi connectivity index (χ2v) is 15.9. The molecule has 4 nitrogen and oxygen atoms in total. The van der Waals surface area contributed by atoms with Gasteiger partial charge in [-0.1, -0.05) is 30.3 Å². The number of rotatable bonds is 4. The Bertz CT molecular complexity index is 2990. The summed E-state index contributed by atoms with van der Waals surface area (Å²) in [6, 6.07) is 61.1. The van der Waals surface area contributed by atoms with Gasteiger partial charge < -0.3 is 0 Å². The predicted octanol–water partition coefficient (Wildman–Crippen LogP) is 8.11. The molecule has 0 unspecified atom stereocenters. The first-order chi connectivity index (χ1) is 25.3. The molecule has 0 bridgehead atoms. The molecule has 0 fully saturated rings. The van der Waals surface area contributed by atoms with Crippen LogP contribution in [0.5, 0.6) is 0 Å². The van der Waals surface area contributed by atoms with Crippen LogP contribution in [0.1, 0.15) is 0 Å². The van der Waals surface area contributed by atoms with Crippen molar-refractivity contribution in [1.29, 1.82) is 0 Å². The van der Waals surface area contributed by atoms with Gasteiger partial charge in [0.2, 0.25) is 0 Å². The molecule has 0 atom stereocenters. The molecule has 0 amide bonds. The molecule has 0 saturated heterocycles. The Morgan fingerprint density at radius 3 is 1.69 bits per heavy atom. The zero-order valence-corrected chi connectivity index (χ0v) is 29.5. The van der Waals surface area contributed by atoms with Crippen LogP contribution in [0.25, 0.3) is 88.9 Å². The Hall–Kier alpha value is -6.05. The van der Waals surface area contributed by atoms with E-state index in [0.29, 0.717) is 5.95 Å². The number of nitrogens with zero attached hydrogens (tertiary/aromatic N) is 4. The van der Waals surface area contributed by atoms with Gasteiger partial charge in [0.25, 0.3) is 0 Å². The summed E-state index contributed by atoms with van der Waals surface area (Å²) in [6.45, 7) is 0. The number of fused-ring (bicyclic) bond motifs is 9. The standard InChI is InChI=1S/C46H28IN4/c1-3-13-29(14-4-1)40-28-41(30-23-24-33-32-17-7-10-20-38(32)47-39(33)25-30)49-46(48-40)51-43-22-12-9-19-35(43)37-26-44-36(27-45(37)51)34-18-8-11-21-42(34)50(44)31-15-5-2-6-16-31/h1-28H/q-1. The molecule has 1 aliphatic heterocycles. The van der Waals surface area contributed by atoms with Gasteiger partial charge in [0.05, 0.1) is 0 Å². The summed E-state index contributed by atoms with van der Waals surface area (Å²) < 4.78 is 7.59. The van der Waals surface area contributed by atoms with Gasteiger partial charge >= 0.3 is 252 Å². The van der Waals surface area contributed by atoms with Crippen molar-refractivity contribution in [3.05, 3.63) is 177 Å². The number of aromatic nitrogens is 4. The van der Waals surface area contributed by atoms with Crippen LogP contribution in [0, 0.1) is 7.14 Å². The Balaban J connectivity index is 1.19. The molecule has 10 aromatic rings. The van der Waals surface area contributed by atoms with Gasteiger partial charge in [0.15, 0.2) is 0 Å². The monoisotopic (exact) mass is 763 g/mol. The third-order valence-corrected chi connectivity index (χ3v) is 13.1. The molecule has 0 aliphatic carbocycles. The van der Waals surface area contributed by atoms with Crippen LogP contribution in [0.15, 0.2) is 170 Å². The summed E-state index contributed by atoms with van der Waals surface area (Å²) in [4.78, 5) is 10.7. The van der Waals surface area contributed by atoms with Gasteiger partial charge in [-0.3, -0.25) is 0 Å². The van der Waals surface area contributed by atoms with Crippen molar-refractivity contribution in [2.75, 3.05) is 0 Å². The summed E-state index contributed by atoms with van der Waals surface area (Å²) in [5.74, 6) is 0.669. The Kier molecular flexibility index (Phi) is 6.33. The molecular formula is C46H28IN4-. The van der Waals surface area contributed by atoms with Crippen LogP contribution >= 0.6 is 0 Å². The van der Waals surface area contributed by atoms with Gasteiger partial charge in [0, 0.05) is 5.69 Å². The number of para-hydroxylation sites is 3. The average Bonchev–Trinajstić information content (AvgIpc) is 3.84. The fraction of sp³-hybridized carbons (Fsp3) is 0. The third kappa shape index (κ3) is 4.44. The first-order valence-corrected chi connectivity index (χ1v) is 19.3. The molecule has 0 spiro atoms. The Labute approximate surface area is 304 Å². The summed E-state index contributed by atoms with van der Waals surface area (Å²) in [6.07, 6.45) is 0. The molecule has 240 valence electrons. The van der Waals surface area contributed by atoms with E-state index in [-0.39, 0.29) is 21.2 Å². The summed E-state index contributed by atoms with van der Waals surface area (Å²) in [5, 5.41) is 4.77. The second-order valence-electron chi connectivity index (χ2n) is 13.0. The van der Waals surface area contributed by atoms with Gasteiger partial charge in [0.1, 0.15) is 0 Å². The maximum absolute atomic E-state index is 5.40. The van der Waals surface area contributed by atoms with Gasteiger partial charge in [-0.05, 0) is 18.2 Å². The average molecular weight is 764 g/mol. The van der Waals surface area contributed by atoms with Crippen molar-refractivity contribution in [3.63, 3.8) is 0 Å². The van der Waals surface area contributed by atoms with Crippen LogP contribution < -0.4 is 21.2 Å². The van der Waals surface area contributed by atoms with E-state index in [0.717, 1.165) is 39.2 Å². The predicted molar refractivity (Wildman–Crippen MR) is 204 cm³/mol. The third-order valence-electron chi connectivity index (χ3n) is 10.1. The zero-order chi connectivity index (χ0) is 33.5. The molecule has 51 heavy (non-hydrogen) atoms. The SMILES string of the molecule is c1ccc(-c2cc(-c3ccc4c(c3)[I-]c3ccccc3-4)nc(-n3c4ccccc4c4cc5c(cc43)c3ccccc3n5-c3ccccc3)n2)cc1. The Morgan fingerprint density at radius 1 is 0.373 bits per heavy atom. The van der Waals surface area contributed by atoms with E-state index >= 15 is 0 Å². The fourth-order valence-electron chi connectivity index (χ4n) is 7.78. The van der Waals surface area contributed by atoms with Crippen molar-refractivity contribution < 1.29 is 21.2 Å². The topological polar surface area (TPSA) is 35.6 Å². The van der Waals surface area contributed by atoms with Crippen molar-refractivity contribution in [3.8, 4) is 45.3 Å². The van der Waals surface area contributed by atoms with Gasteiger partial charge in [-0.25, -0.2) is 0 Å². The first kappa shape index (κ1) is 28.8. The number of hydrogen-bond donors (Lipinski definition) is 0. The molecular weight excluding hydrogens is 735 g/mol. The van der Waals surface area contributed by atoms with Crippen LogP contribution in [0.3, 0.4) is 0 Å². The summed E-state index contributed by atoms with van der Waals surface area (Å²) >= 11 is -0.249. The molecule has 5 heteroatoms. The summed E-state index contributed by atoms with van der Waals surface area (Å²) in [7, 11) is 0. The van der Waals surface area contributed by atoms with Crippen LogP contribution in [-0.4, -0.2) is 19.1 Å². The van der Waals surface area contributed by atoms with Crippen LogP contribution in [0.4, 0.5) is 0 Å². The molecule has 0 saturated carbocycles. The van der Waals surface area contributed by atoms with E-state index in [1.165, 1.54) is 50.8 Å². The molecule has 3 aromatic heterocycles. The van der Waals surface area contributed by atoms with Gasteiger partial charge in [-0.2, -0.15) is 0 Å². The van der Waals surface area contributed by atoms with E-state index in [1.54, 1.807) is 0 Å². The zero-order valence-electron chi connectivity index (χ0n) is 27.3. The normalized spacial score (nSPS) is 12.4. The molecule has 11 rings (SSSR count). The van der Waals surface area contributed by atoms with Crippen LogP contribution in [0.2, 0.25) is 0 Å². The van der Waals surface area contributed by atoms with Crippen molar-refractivity contribution in [1.82, 2.24) is 19.1 Å². The minimum absolute atomic E-state index is 0.249. The van der Waals surface area contributed by atoms with E-state index < -0.39 is 0 Å². The number of hydrogen-bond acceptors (Lipinski definition) is 2. The maximum atomic E-state index is 5.40. The molecule has 4 heterocycles. The van der Waals surface area contributed by atoms with E-state index in [4.69, 9.17) is 9.97 Å². The molecule has 7 aromatic carbocycles. The van der Waals surface area contributed by atoms with E-state index in [1.807, 2.05) is 0 Å². The van der Waals surface area contributed by atoms with Crippen molar-refractivity contribution >= 4 is 43.6 Å². The fourth-order valence-corrected chi connectivity index (χ4v) is 10.8. The van der Waals surface area contributed by atoms with E-state index in [2.05, 4.69) is 179 Å². The summed E-state index contributed by atoms with van der Waals surface area (Å²) in [5.41, 5.74) is 12.5. The van der Waals surface area contributed by atoms with E-state index in [9.17, 15) is 0 Å². The van der Waals surface area contributed by atoms with Crippen molar-refractivity contribution in [2.24, 2.45) is 0 Å². The van der Waals surface area contributed by atoms with Gasteiger partial charge in [-0.15, -0.1) is 0 Å².